The minimum Gasteiger partial charge on any atom is -0.493 e. The minimum absolute atomic E-state index is 0.131. The van der Waals surface area contributed by atoms with Crippen LogP contribution in [0.1, 0.15) is 40.7 Å². The Morgan fingerprint density at radius 2 is 1.86 bits per heavy atom. The molecule has 0 saturated carbocycles. The number of hydrogen-bond acceptors (Lipinski definition) is 4. The van der Waals surface area contributed by atoms with Crippen molar-refractivity contribution in [2.24, 2.45) is 0 Å². The lowest BCUT2D eigenvalue weighted by Crippen LogP contribution is -2.25. The zero-order valence-electron chi connectivity index (χ0n) is 18.8. The fourth-order valence-electron chi connectivity index (χ4n) is 3.72. The van der Waals surface area contributed by atoms with Crippen molar-refractivity contribution in [3.8, 4) is 17.2 Å². The molecular formula is C26H23ClF3NO3S. The highest BCUT2D eigenvalue weighted by Crippen LogP contribution is 2.41. The Kier molecular flexibility index (Phi) is 7.82. The van der Waals surface area contributed by atoms with Crippen LogP contribution < -0.4 is 14.8 Å². The fraction of sp³-hybridized carbons (Fsp3) is 0.269. The highest BCUT2D eigenvalue weighted by atomic mass is 35.5. The van der Waals surface area contributed by atoms with Gasteiger partial charge in [0.05, 0.1) is 11.6 Å². The molecule has 1 aliphatic rings. The molecule has 0 bridgehead atoms. The van der Waals surface area contributed by atoms with Crippen molar-refractivity contribution >= 4 is 29.3 Å². The van der Waals surface area contributed by atoms with E-state index < -0.39 is 5.51 Å². The molecule has 0 fully saturated rings. The van der Waals surface area contributed by atoms with Crippen LogP contribution in [-0.2, 0) is 6.42 Å². The number of halogens is 4. The molecule has 1 aliphatic heterocycles. The zero-order chi connectivity index (χ0) is 25.0. The summed E-state index contributed by atoms with van der Waals surface area (Å²) in [5.41, 5.74) is -1.95. The van der Waals surface area contributed by atoms with Crippen LogP contribution in [0.4, 0.5) is 13.2 Å². The van der Waals surface area contributed by atoms with Gasteiger partial charge in [-0.1, -0.05) is 30.7 Å². The fourth-order valence-corrected chi connectivity index (χ4v) is 4.47. The molecule has 0 aromatic heterocycles. The molecule has 35 heavy (non-hydrogen) atoms. The molecule has 3 aromatic rings. The summed E-state index contributed by atoms with van der Waals surface area (Å²) in [5, 5.41) is 3.31. The number of amides is 1. The molecule has 9 heteroatoms. The van der Waals surface area contributed by atoms with Gasteiger partial charge in [0.25, 0.3) is 5.91 Å². The monoisotopic (exact) mass is 521 g/mol. The average Bonchev–Trinajstić information content (AvgIpc) is 2.81. The molecule has 1 atom stereocenters. The molecule has 0 spiro atoms. The van der Waals surface area contributed by atoms with E-state index in [9.17, 15) is 18.0 Å². The van der Waals surface area contributed by atoms with Gasteiger partial charge in [-0.15, -0.1) is 0 Å². The summed E-state index contributed by atoms with van der Waals surface area (Å²) in [6.45, 7) is 3.14. The quantitative estimate of drug-likeness (QED) is 0.325. The summed E-state index contributed by atoms with van der Waals surface area (Å²) < 4.78 is 48.9. The molecule has 1 N–H and O–H groups in total. The van der Waals surface area contributed by atoms with Crippen LogP contribution in [0.2, 0.25) is 5.02 Å². The molecule has 0 radical (unpaired) electrons. The van der Waals surface area contributed by atoms with Gasteiger partial charge >= 0.3 is 5.51 Å². The van der Waals surface area contributed by atoms with E-state index in [1.807, 2.05) is 6.07 Å². The first-order chi connectivity index (χ1) is 16.7. The smallest absolute Gasteiger partial charge is 0.446 e. The van der Waals surface area contributed by atoms with Crippen LogP contribution in [-0.4, -0.2) is 24.6 Å². The number of nitrogens with one attached hydrogen (secondary N) is 1. The zero-order valence-corrected chi connectivity index (χ0v) is 20.4. The second kappa shape index (κ2) is 10.8. The van der Waals surface area contributed by atoms with E-state index in [4.69, 9.17) is 21.1 Å². The number of ether oxygens (including phenoxy) is 2. The summed E-state index contributed by atoms with van der Waals surface area (Å²) in [6.07, 6.45) is 1.45. The van der Waals surface area contributed by atoms with Gasteiger partial charge in [-0.3, -0.25) is 4.79 Å². The molecular weight excluding hydrogens is 499 g/mol. The van der Waals surface area contributed by atoms with Gasteiger partial charge in [0.15, 0.2) is 0 Å². The molecule has 1 heterocycles. The van der Waals surface area contributed by atoms with Gasteiger partial charge in [0.1, 0.15) is 17.2 Å². The summed E-state index contributed by atoms with van der Waals surface area (Å²) >= 11 is 6.26. The number of rotatable bonds is 7. The second-order valence-electron chi connectivity index (χ2n) is 8.18. The summed E-state index contributed by atoms with van der Waals surface area (Å²) in [5.74, 6) is 1.90. The van der Waals surface area contributed by atoms with Crippen molar-refractivity contribution in [3.05, 3.63) is 82.4 Å². The third kappa shape index (κ3) is 6.86. The van der Waals surface area contributed by atoms with Crippen molar-refractivity contribution < 1.29 is 27.4 Å². The van der Waals surface area contributed by atoms with Crippen molar-refractivity contribution in [2.45, 2.75) is 36.1 Å². The van der Waals surface area contributed by atoms with Gasteiger partial charge in [0, 0.05) is 23.1 Å². The Bertz CT molecular complexity index is 1180. The normalized spacial score (nSPS) is 15.2. The molecule has 0 aliphatic carbocycles. The SMILES string of the molecule is CC1CCOc2cc(Oc3ccc(C(=O)NCCc4ccc(SC(F)(F)F)cc4)cc3)c(Cl)cc21. The van der Waals surface area contributed by atoms with Crippen LogP contribution in [0.15, 0.2) is 65.6 Å². The lowest BCUT2D eigenvalue weighted by molar-refractivity contribution is -0.0328. The van der Waals surface area contributed by atoms with E-state index in [-0.39, 0.29) is 22.6 Å². The molecule has 1 amide bonds. The number of fused-ring (bicyclic) bond motifs is 1. The molecule has 0 saturated heterocycles. The highest BCUT2D eigenvalue weighted by molar-refractivity contribution is 8.00. The summed E-state index contributed by atoms with van der Waals surface area (Å²) in [6, 6.07) is 16.5. The van der Waals surface area contributed by atoms with Gasteiger partial charge in [0.2, 0.25) is 0 Å². The topological polar surface area (TPSA) is 47.6 Å². The summed E-state index contributed by atoms with van der Waals surface area (Å²) in [4.78, 5) is 12.6. The number of alkyl halides is 3. The van der Waals surface area contributed by atoms with E-state index in [0.29, 0.717) is 47.6 Å². The molecule has 1 unspecified atom stereocenters. The van der Waals surface area contributed by atoms with Crippen molar-refractivity contribution in [2.75, 3.05) is 13.2 Å². The Hall–Kier alpha value is -2.84. The lowest BCUT2D eigenvalue weighted by atomic mass is 9.95. The third-order valence-electron chi connectivity index (χ3n) is 5.60. The van der Waals surface area contributed by atoms with Crippen LogP contribution in [0, 0.1) is 0 Å². The first-order valence-electron chi connectivity index (χ1n) is 11.0. The lowest BCUT2D eigenvalue weighted by Gasteiger charge is -2.24. The predicted octanol–water partition coefficient (Wildman–Crippen LogP) is 7.60. The van der Waals surface area contributed by atoms with Gasteiger partial charge in [-0.05, 0) is 84.1 Å². The molecule has 4 nitrogen and oxygen atoms in total. The van der Waals surface area contributed by atoms with E-state index in [1.165, 1.54) is 12.1 Å². The predicted molar refractivity (Wildman–Crippen MR) is 131 cm³/mol. The van der Waals surface area contributed by atoms with E-state index in [2.05, 4.69) is 12.2 Å². The first-order valence-corrected chi connectivity index (χ1v) is 12.2. The van der Waals surface area contributed by atoms with Gasteiger partial charge < -0.3 is 14.8 Å². The van der Waals surface area contributed by atoms with E-state index in [0.717, 1.165) is 23.3 Å². The minimum atomic E-state index is -4.31. The van der Waals surface area contributed by atoms with Crippen LogP contribution in [0.25, 0.3) is 0 Å². The molecule has 4 rings (SSSR count). The molecule has 184 valence electrons. The van der Waals surface area contributed by atoms with E-state index >= 15 is 0 Å². The summed E-state index contributed by atoms with van der Waals surface area (Å²) in [7, 11) is 0. The number of thioether (sulfide) groups is 1. The largest absolute Gasteiger partial charge is 0.493 e. The number of carbonyl (C=O) groups excluding carboxylic acids is 1. The van der Waals surface area contributed by atoms with E-state index in [1.54, 1.807) is 42.5 Å². The van der Waals surface area contributed by atoms with Crippen LogP contribution >= 0.6 is 23.4 Å². The average molecular weight is 522 g/mol. The highest BCUT2D eigenvalue weighted by Gasteiger charge is 2.29. The van der Waals surface area contributed by atoms with Crippen molar-refractivity contribution in [1.29, 1.82) is 0 Å². The van der Waals surface area contributed by atoms with Crippen molar-refractivity contribution in [1.82, 2.24) is 5.32 Å². The van der Waals surface area contributed by atoms with Gasteiger partial charge in [-0.2, -0.15) is 13.2 Å². The maximum atomic E-state index is 12.4. The van der Waals surface area contributed by atoms with Crippen LogP contribution in [0.5, 0.6) is 17.2 Å². The number of hydrogen-bond donors (Lipinski definition) is 1. The maximum Gasteiger partial charge on any atom is 0.446 e. The Morgan fingerprint density at radius 1 is 1.14 bits per heavy atom. The second-order valence-corrected chi connectivity index (χ2v) is 9.73. The standard InChI is InChI=1S/C26H23ClF3NO3S/c1-16-11-13-33-23-15-24(22(27)14-21(16)23)34-19-6-4-18(5-7-19)25(32)31-12-10-17-2-8-20(9-3-17)35-26(28,29)30/h2-9,14-16H,10-13H2,1H3,(H,31,32). The first kappa shape index (κ1) is 25.3. The Balaban J connectivity index is 1.30. The Morgan fingerprint density at radius 3 is 2.54 bits per heavy atom. The van der Waals surface area contributed by atoms with Crippen LogP contribution in [0.3, 0.4) is 0 Å². The molecule has 3 aromatic carbocycles. The van der Waals surface area contributed by atoms with Gasteiger partial charge in [-0.25, -0.2) is 0 Å². The number of benzene rings is 3. The Labute approximate surface area is 210 Å². The van der Waals surface area contributed by atoms with Crippen molar-refractivity contribution in [3.63, 3.8) is 0 Å². The third-order valence-corrected chi connectivity index (χ3v) is 6.64. The number of carbonyl (C=O) groups is 1. The maximum absolute atomic E-state index is 12.4.